The number of ketones is 1. The summed E-state index contributed by atoms with van der Waals surface area (Å²) < 4.78 is 13.6. The average molecular weight is 227 g/mol. The zero-order valence-corrected chi connectivity index (χ0v) is 9.22. The first-order chi connectivity index (χ1) is 7.15. The van der Waals surface area contributed by atoms with Crippen LogP contribution in [0.25, 0.3) is 0 Å². The van der Waals surface area contributed by atoms with Gasteiger partial charge < -0.3 is 0 Å². The monoisotopic (exact) mass is 226 g/mol. The van der Waals surface area contributed by atoms with Crippen molar-refractivity contribution in [3.05, 3.63) is 34.6 Å². The Morgan fingerprint density at radius 3 is 2.80 bits per heavy atom. The molecule has 1 aromatic carbocycles. The number of hydrogen-bond donors (Lipinski definition) is 0. The van der Waals surface area contributed by atoms with Crippen molar-refractivity contribution >= 4 is 17.4 Å². The number of carbonyl (C=O) groups is 1. The second-order valence-electron chi connectivity index (χ2n) is 3.93. The third-order valence-electron chi connectivity index (χ3n) is 3.13. The molecule has 0 amide bonds. The van der Waals surface area contributed by atoms with Gasteiger partial charge in [-0.1, -0.05) is 24.6 Å². The van der Waals surface area contributed by atoms with Crippen molar-refractivity contribution in [1.29, 1.82) is 0 Å². The number of carbonyl (C=O) groups excluding carboxylic acids is 1. The van der Waals surface area contributed by atoms with E-state index in [4.69, 9.17) is 11.6 Å². The van der Waals surface area contributed by atoms with Crippen LogP contribution in [-0.2, 0) is 4.79 Å². The first-order valence-electron chi connectivity index (χ1n) is 5.11. The minimum absolute atomic E-state index is 0.0174. The van der Waals surface area contributed by atoms with E-state index in [1.54, 1.807) is 12.1 Å². The third-order valence-corrected chi connectivity index (χ3v) is 3.46. The Hall–Kier alpha value is -0.890. The van der Waals surface area contributed by atoms with Crippen LogP contribution in [0.5, 0.6) is 0 Å². The highest BCUT2D eigenvalue weighted by Gasteiger charge is 2.41. The Bertz CT molecular complexity index is 382. The molecule has 1 saturated carbocycles. The second-order valence-corrected chi connectivity index (χ2v) is 4.33. The minimum Gasteiger partial charge on any atom is -0.299 e. The van der Waals surface area contributed by atoms with Crippen LogP contribution in [0.3, 0.4) is 0 Å². The van der Waals surface area contributed by atoms with Crippen LogP contribution in [0.4, 0.5) is 4.39 Å². The van der Waals surface area contributed by atoms with E-state index in [1.165, 1.54) is 6.07 Å². The van der Waals surface area contributed by atoms with Gasteiger partial charge >= 0.3 is 0 Å². The van der Waals surface area contributed by atoms with Crippen molar-refractivity contribution in [2.45, 2.75) is 25.7 Å². The molecule has 1 aliphatic rings. The molecular weight excluding hydrogens is 215 g/mol. The van der Waals surface area contributed by atoms with Crippen LogP contribution in [0.15, 0.2) is 18.2 Å². The Kier molecular flexibility index (Phi) is 2.79. The SMILES string of the molecule is CCC1C(=O)CC1c1c(F)cccc1Cl. The summed E-state index contributed by atoms with van der Waals surface area (Å²) >= 11 is 5.96. The summed E-state index contributed by atoms with van der Waals surface area (Å²) in [7, 11) is 0. The van der Waals surface area contributed by atoms with Gasteiger partial charge in [-0.2, -0.15) is 0 Å². The van der Waals surface area contributed by atoms with Gasteiger partial charge in [-0.3, -0.25) is 4.79 Å². The predicted octanol–water partition coefficient (Wildman–Crippen LogP) is 3.56. The van der Waals surface area contributed by atoms with E-state index in [1.807, 2.05) is 6.92 Å². The van der Waals surface area contributed by atoms with E-state index in [2.05, 4.69) is 0 Å². The fraction of sp³-hybridized carbons (Fsp3) is 0.417. The lowest BCUT2D eigenvalue weighted by atomic mass is 9.67. The molecule has 2 atom stereocenters. The number of rotatable bonds is 2. The molecule has 0 saturated heterocycles. The van der Waals surface area contributed by atoms with E-state index >= 15 is 0 Å². The second kappa shape index (κ2) is 3.93. The van der Waals surface area contributed by atoms with Gasteiger partial charge in [0.15, 0.2) is 0 Å². The van der Waals surface area contributed by atoms with Crippen molar-refractivity contribution in [3.8, 4) is 0 Å². The summed E-state index contributed by atoms with van der Waals surface area (Å²) in [4.78, 5) is 11.3. The molecular formula is C12H12ClFO. The first-order valence-corrected chi connectivity index (χ1v) is 5.49. The molecule has 1 fully saturated rings. The molecule has 15 heavy (non-hydrogen) atoms. The van der Waals surface area contributed by atoms with Gasteiger partial charge in [-0.05, 0) is 18.6 Å². The lowest BCUT2D eigenvalue weighted by Crippen LogP contribution is -2.35. The van der Waals surface area contributed by atoms with Gasteiger partial charge in [-0.25, -0.2) is 4.39 Å². The molecule has 0 aromatic heterocycles. The maximum atomic E-state index is 13.6. The van der Waals surface area contributed by atoms with E-state index in [-0.39, 0.29) is 23.4 Å². The standard InChI is InChI=1S/C12H12ClFO/c1-2-7-8(6-11(7)15)12-9(13)4-3-5-10(12)14/h3-5,7-8H,2,6H2,1H3. The first kappa shape index (κ1) is 10.6. The zero-order valence-electron chi connectivity index (χ0n) is 8.47. The maximum absolute atomic E-state index is 13.6. The van der Waals surface area contributed by atoms with Gasteiger partial charge in [0.25, 0.3) is 0 Å². The highest BCUT2D eigenvalue weighted by molar-refractivity contribution is 6.31. The Balaban J connectivity index is 2.35. The molecule has 80 valence electrons. The van der Waals surface area contributed by atoms with Gasteiger partial charge in [0, 0.05) is 28.8 Å². The quantitative estimate of drug-likeness (QED) is 0.754. The highest BCUT2D eigenvalue weighted by atomic mass is 35.5. The molecule has 0 heterocycles. The lowest BCUT2D eigenvalue weighted by Gasteiger charge is -2.35. The van der Waals surface area contributed by atoms with Crippen LogP contribution in [-0.4, -0.2) is 5.78 Å². The summed E-state index contributed by atoms with van der Waals surface area (Å²) in [6.07, 6.45) is 1.19. The van der Waals surface area contributed by atoms with Crippen LogP contribution in [0.1, 0.15) is 31.2 Å². The van der Waals surface area contributed by atoms with Gasteiger partial charge in [0.2, 0.25) is 0 Å². The van der Waals surface area contributed by atoms with Crippen molar-refractivity contribution < 1.29 is 9.18 Å². The van der Waals surface area contributed by atoms with Crippen LogP contribution in [0.2, 0.25) is 5.02 Å². The molecule has 3 heteroatoms. The summed E-state index contributed by atoms with van der Waals surface area (Å²) in [5.41, 5.74) is 0.519. The fourth-order valence-electron chi connectivity index (χ4n) is 2.25. The fourth-order valence-corrected chi connectivity index (χ4v) is 2.56. The van der Waals surface area contributed by atoms with E-state index in [9.17, 15) is 9.18 Å². The van der Waals surface area contributed by atoms with Crippen LogP contribution in [0, 0.1) is 11.7 Å². The van der Waals surface area contributed by atoms with E-state index in [0.717, 1.165) is 6.42 Å². The van der Waals surface area contributed by atoms with Crippen molar-refractivity contribution in [2.24, 2.45) is 5.92 Å². The summed E-state index contributed by atoms with van der Waals surface area (Å²) in [5, 5.41) is 0.436. The molecule has 0 N–H and O–H groups in total. The number of halogens is 2. The molecule has 0 aliphatic heterocycles. The normalized spacial score (nSPS) is 25.1. The third kappa shape index (κ3) is 1.67. The van der Waals surface area contributed by atoms with Crippen LogP contribution < -0.4 is 0 Å². The van der Waals surface area contributed by atoms with Gasteiger partial charge in [-0.15, -0.1) is 0 Å². The Morgan fingerprint density at radius 2 is 2.27 bits per heavy atom. The number of Topliss-reactive ketones (excluding diaryl/α,β-unsaturated/α-hetero) is 1. The number of hydrogen-bond acceptors (Lipinski definition) is 1. The Morgan fingerprint density at radius 1 is 1.53 bits per heavy atom. The predicted molar refractivity (Wildman–Crippen MR) is 57.6 cm³/mol. The summed E-state index contributed by atoms with van der Waals surface area (Å²) in [6.45, 7) is 1.95. The molecule has 0 bridgehead atoms. The van der Waals surface area contributed by atoms with Crippen molar-refractivity contribution in [2.75, 3.05) is 0 Å². The Labute approximate surface area is 93.2 Å². The van der Waals surface area contributed by atoms with Gasteiger partial charge in [0.1, 0.15) is 11.6 Å². The zero-order chi connectivity index (χ0) is 11.0. The minimum atomic E-state index is -0.293. The highest BCUT2D eigenvalue weighted by Crippen LogP contribution is 2.44. The number of benzene rings is 1. The topological polar surface area (TPSA) is 17.1 Å². The van der Waals surface area contributed by atoms with Gasteiger partial charge in [0.05, 0.1) is 0 Å². The lowest BCUT2D eigenvalue weighted by molar-refractivity contribution is -0.131. The van der Waals surface area contributed by atoms with Crippen molar-refractivity contribution in [3.63, 3.8) is 0 Å². The molecule has 2 unspecified atom stereocenters. The summed E-state index contributed by atoms with van der Waals surface area (Å²) in [5.74, 6) is -0.129. The van der Waals surface area contributed by atoms with Crippen molar-refractivity contribution in [1.82, 2.24) is 0 Å². The largest absolute Gasteiger partial charge is 0.299 e. The molecule has 2 rings (SSSR count). The molecule has 1 nitrogen and oxygen atoms in total. The van der Waals surface area contributed by atoms with E-state index < -0.39 is 0 Å². The average Bonchev–Trinajstić information content (AvgIpc) is 2.16. The maximum Gasteiger partial charge on any atom is 0.137 e. The molecule has 1 aromatic rings. The molecule has 0 radical (unpaired) electrons. The van der Waals surface area contributed by atoms with E-state index in [0.29, 0.717) is 17.0 Å². The summed E-state index contributed by atoms with van der Waals surface area (Å²) in [6, 6.07) is 4.66. The molecule has 1 aliphatic carbocycles. The molecule has 0 spiro atoms. The smallest absolute Gasteiger partial charge is 0.137 e. The van der Waals surface area contributed by atoms with Crippen LogP contribution >= 0.6 is 11.6 Å².